The smallest absolute Gasteiger partial charge is 0.228 e. The first-order chi connectivity index (χ1) is 11.1. The van der Waals surface area contributed by atoms with E-state index in [1.54, 1.807) is 23.1 Å². The van der Waals surface area contributed by atoms with Crippen LogP contribution in [0.1, 0.15) is 35.2 Å². The third kappa shape index (κ3) is 4.36. The van der Waals surface area contributed by atoms with Crippen LogP contribution in [0.4, 0.5) is 0 Å². The van der Waals surface area contributed by atoms with Crippen molar-refractivity contribution in [3.8, 4) is 0 Å². The highest BCUT2D eigenvalue weighted by Crippen LogP contribution is 2.28. The Hall–Kier alpha value is -1.33. The maximum Gasteiger partial charge on any atom is 0.228 e. The van der Waals surface area contributed by atoms with Gasteiger partial charge in [0.2, 0.25) is 5.91 Å². The van der Waals surface area contributed by atoms with Gasteiger partial charge in [-0.2, -0.15) is 0 Å². The van der Waals surface area contributed by atoms with Crippen molar-refractivity contribution in [1.29, 1.82) is 0 Å². The van der Waals surface area contributed by atoms with E-state index in [0.29, 0.717) is 6.42 Å². The lowest BCUT2D eigenvalue weighted by Crippen LogP contribution is -2.29. The molecule has 1 aromatic carbocycles. The van der Waals surface area contributed by atoms with E-state index in [9.17, 15) is 4.79 Å². The summed E-state index contributed by atoms with van der Waals surface area (Å²) < 4.78 is 1.05. The van der Waals surface area contributed by atoms with Crippen LogP contribution in [-0.4, -0.2) is 28.9 Å². The number of aryl methyl sites for hydroxylation is 2. The molecule has 1 aliphatic rings. The van der Waals surface area contributed by atoms with Crippen molar-refractivity contribution in [2.75, 3.05) is 13.1 Å². The minimum Gasteiger partial charge on any atom is -0.342 e. The first-order valence-corrected chi connectivity index (χ1v) is 9.89. The van der Waals surface area contributed by atoms with Crippen LogP contribution >= 0.6 is 23.1 Å². The molecule has 1 amide bonds. The first kappa shape index (κ1) is 16.5. The van der Waals surface area contributed by atoms with E-state index in [1.165, 1.54) is 16.7 Å². The van der Waals surface area contributed by atoms with Crippen molar-refractivity contribution in [2.24, 2.45) is 0 Å². The normalized spacial score (nSPS) is 14.4. The molecule has 0 unspecified atom stereocenters. The van der Waals surface area contributed by atoms with Crippen LogP contribution in [0.3, 0.4) is 0 Å². The summed E-state index contributed by atoms with van der Waals surface area (Å²) in [5.41, 5.74) is 4.89. The van der Waals surface area contributed by atoms with Gasteiger partial charge >= 0.3 is 0 Å². The van der Waals surface area contributed by atoms with Crippen LogP contribution in [0.25, 0.3) is 0 Å². The van der Waals surface area contributed by atoms with Crippen molar-refractivity contribution in [1.82, 2.24) is 9.88 Å². The second kappa shape index (κ2) is 7.49. The molecule has 0 bridgehead atoms. The van der Waals surface area contributed by atoms with Gasteiger partial charge in [0.1, 0.15) is 4.34 Å². The minimum atomic E-state index is 0.221. The number of hydrogen-bond donors (Lipinski definition) is 0. The molecule has 0 spiro atoms. The molecular formula is C18H22N2OS2. The van der Waals surface area contributed by atoms with Gasteiger partial charge in [0.15, 0.2) is 0 Å². The standard InChI is InChI=1S/C18H22N2OS2/c1-13-5-6-14(2)15(9-13)11-22-18-19-16(12-23-18)10-17(21)20-7-3-4-8-20/h5-6,9,12H,3-4,7-8,10-11H2,1-2H3. The fourth-order valence-electron chi connectivity index (χ4n) is 2.76. The molecule has 0 atom stereocenters. The highest BCUT2D eigenvalue weighted by atomic mass is 32.2. The first-order valence-electron chi connectivity index (χ1n) is 8.03. The number of carbonyl (C=O) groups is 1. The van der Waals surface area contributed by atoms with E-state index in [-0.39, 0.29) is 5.91 Å². The van der Waals surface area contributed by atoms with Crippen LogP contribution in [0.2, 0.25) is 0 Å². The molecule has 122 valence electrons. The molecule has 0 N–H and O–H groups in total. The SMILES string of the molecule is Cc1ccc(C)c(CSc2nc(CC(=O)N3CCCC3)cs2)c1. The van der Waals surface area contributed by atoms with Gasteiger partial charge in [-0.05, 0) is 37.8 Å². The van der Waals surface area contributed by atoms with Crippen LogP contribution in [0.15, 0.2) is 27.9 Å². The van der Waals surface area contributed by atoms with E-state index < -0.39 is 0 Å². The molecule has 1 aromatic heterocycles. The van der Waals surface area contributed by atoms with Gasteiger partial charge in [-0.25, -0.2) is 4.98 Å². The predicted molar refractivity (Wildman–Crippen MR) is 97.1 cm³/mol. The van der Waals surface area contributed by atoms with E-state index in [1.807, 2.05) is 10.3 Å². The van der Waals surface area contributed by atoms with E-state index in [2.05, 4.69) is 37.0 Å². The average molecular weight is 347 g/mol. The Morgan fingerprint density at radius 1 is 1.30 bits per heavy atom. The molecule has 2 heterocycles. The maximum atomic E-state index is 12.2. The second-order valence-electron chi connectivity index (χ2n) is 6.09. The molecule has 3 nitrogen and oxygen atoms in total. The lowest BCUT2D eigenvalue weighted by molar-refractivity contribution is -0.129. The lowest BCUT2D eigenvalue weighted by atomic mass is 10.1. The third-order valence-electron chi connectivity index (χ3n) is 4.18. The molecule has 0 aliphatic carbocycles. The van der Waals surface area contributed by atoms with Gasteiger partial charge in [0.25, 0.3) is 0 Å². The second-order valence-corrected chi connectivity index (χ2v) is 8.17. The zero-order chi connectivity index (χ0) is 16.2. The summed E-state index contributed by atoms with van der Waals surface area (Å²) in [6.45, 7) is 6.10. The maximum absolute atomic E-state index is 12.2. The van der Waals surface area contributed by atoms with Gasteiger partial charge in [0, 0.05) is 24.2 Å². The lowest BCUT2D eigenvalue weighted by Gasteiger charge is -2.13. The van der Waals surface area contributed by atoms with Crippen molar-refractivity contribution >= 4 is 29.0 Å². The molecule has 1 aliphatic heterocycles. The summed E-state index contributed by atoms with van der Waals surface area (Å²) in [6, 6.07) is 6.57. The third-order valence-corrected chi connectivity index (χ3v) is 6.30. The monoisotopic (exact) mass is 346 g/mol. The Kier molecular flexibility index (Phi) is 5.38. The molecule has 0 saturated carbocycles. The highest BCUT2D eigenvalue weighted by molar-refractivity contribution is 8.00. The minimum absolute atomic E-state index is 0.221. The van der Waals surface area contributed by atoms with Gasteiger partial charge in [-0.1, -0.05) is 35.5 Å². The highest BCUT2D eigenvalue weighted by Gasteiger charge is 2.19. The van der Waals surface area contributed by atoms with E-state index in [0.717, 1.165) is 41.7 Å². The topological polar surface area (TPSA) is 33.2 Å². The predicted octanol–water partition coefficient (Wildman–Crippen LogP) is 4.22. The Morgan fingerprint density at radius 3 is 2.87 bits per heavy atom. The van der Waals surface area contributed by atoms with Crippen LogP contribution in [-0.2, 0) is 17.0 Å². The number of rotatable bonds is 5. The summed E-state index contributed by atoms with van der Waals surface area (Å²) in [4.78, 5) is 18.8. The number of hydrogen-bond acceptors (Lipinski definition) is 4. The Bertz CT molecular complexity index is 690. The molecule has 1 fully saturated rings. The van der Waals surface area contributed by atoms with Crippen LogP contribution in [0, 0.1) is 13.8 Å². The molecule has 5 heteroatoms. The number of thioether (sulfide) groups is 1. The number of likely N-dealkylation sites (tertiary alicyclic amines) is 1. The molecule has 0 radical (unpaired) electrons. The van der Waals surface area contributed by atoms with Gasteiger partial charge in [0.05, 0.1) is 12.1 Å². The molecular weight excluding hydrogens is 324 g/mol. The summed E-state index contributed by atoms with van der Waals surface area (Å²) in [5.74, 6) is 1.15. The quantitative estimate of drug-likeness (QED) is 0.760. The number of thiazole rings is 1. The van der Waals surface area contributed by atoms with Crippen molar-refractivity contribution in [2.45, 2.75) is 43.2 Å². The summed E-state index contributed by atoms with van der Waals surface area (Å²) in [6.07, 6.45) is 2.72. The molecule has 3 rings (SSSR count). The van der Waals surface area contributed by atoms with Gasteiger partial charge < -0.3 is 4.90 Å². The van der Waals surface area contributed by atoms with Crippen LogP contribution in [0.5, 0.6) is 0 Å². The number of benzene rings is 1. The van der Waals surface area contributed by atoms with Gasteiger partial charge in [-0.15, -0.1) is 11.3 Å². The fraction of sp³-hybridized carbons (Fsp3) is 0.444. The molecule has 2 aromatic rings. The van der Waals surface area contributed by atoms with Crippen molar-refractivity contribution in [3.63, 3.8) is 0 Å². The van der Waals surface area contributed by atoms with E-state index in [4.69, 9.17) is 0 Å². The molecule has 1 saturated heterocycles. The summed E-state index contributed by atoms with van der Waals surface area (Å²) in [5, 5.41) is 2.03. The molecule has 23 heavy (non-hydrogen) atoms. The summed E-state index contributed by atoms with van der Waals surface area (Å²) >= 11 is 3.40. The Balaban J connectivity index is 1.56. The summed E-state index contributed by atoms with van der Waals surface area (Å²) in [7, 11) is 0. The fourth-order valence-corrected chi connectivity index (χ4v) is 4.67. The Labute approximate surface area is 146 Å². The van der Waals surface area contributed by atoms with Crippen LogP contribution < -0.4 is 0 Å². The zero-order valence-electron chi connectivity index (χ0n) is 13.7. The number of aromatic nitrogens is 1. The van der Waals surface area contributed by atoms with Crippen molar-refractivity contribution < 1.29 is 4.79 Å². The average Bonchev–Trinajstić information content (AvgIpc) is 3.19. The van der Waals surface area contributed by atoms with Crippen molar-refractivity contribution in [3.05, 3.63) is 46.0 Å². The van der Waals surface area contributed by atoms with E-state index >= 15 is 0 Å². The van der Waals surface area contributed by atoms with Gasteiger partial charge in [-0.3, -0.25) is 4.79 Å². The number of amides is 1. The number of nitrogens with zero attached hydrogens (tertiary/aromatic N) is 2. The largest absolute Gasteiger partial charge is 0.342 e. The number of carbonyl (C=O) groups excluding carboxylic acids is 1. The Morgan fingerprint density at radius 2 is 2.09 bits per heavy atom. The zero-order valence-corrected chi connectivity index (χ0v) is 15.3.